The Hall–Kier alpha value is -1.61. The Labute approximate surface area is 94.7 Å². The third kappa shape index (κ3) is 1.53. The molecule has 1 aromatic carbocycles. The molecule has 3 nitrogen and oxygen atoms in total. The summed E-state index contributed by atoms with van der Waals surface area (Å²) in [6.07, 6.45) is 3.94. The van der Waals surface area contributed by atoms with E-state index in [1.807, 2.05) is 6.20 Å². The Kier molecular flexibility index (Phi) is 1.91. The van der Waals surface area contributed by atoms with E-state index >= 15 is 0 Å². The zero-order valence-electron chi connectivity index (χ0n) is 9.33. The molecule has 2 aromatic rings. The molecule has 82 valence electrons. The van der Waals surface area contributed by atoms with Crippen LogP contribution >= 0.6 is 0 Å². The van der Waals surface area contributed by atoms with Gasteiger partial charge in [-0.25, -0.2) is 4.98 Å². The van der Waals surface area contributed by atoms with E-state index in [-0.39, 0.29) is 5.54 Å². The second kappa shape index (κ2) is 3.19. The van der Waals surface area contributed by atoms with Gasteiger partial charge in [-0.15, -0.1) is 0 Å². The number of aryl methyl sites for hydroxylation is 1. The predicted molar refractivity (Wildman–Crippen MR) is 63.9 cm³/mol. The predicted octanol–water partition coefficient (Wildman–Crippen LogP) is 2.33. The van der Waals surface area contributed by atoms with Gasteiger partial charge < -0.3 is 10.7 Å². The number of nitrogens with two attached hydrogens (primary N) is 1. The number of imidazole rings is 1. The van der Waals surface area contributed by atoms with Gasteiger partial charge in [-0.05, 0) is 25.3 Å². The van der Waals surface area contributed by atoms with Crippen LogP contribution in [0.15, 0.2) is 30.5 Å². The molecule has 1 fully saturated rings. The first-order chi connectivity index (χ1) is 7.67. The molecule has 0 radical (unpaired) electrons. The van der Waals surface area contributed by atoms with Gasteiger partial charge in [0.1, 0.15) is 5.82 Å². The highest BCUT2D eigenvalue weighted by molar-refractivity contribution is 5.59. The highest BCUT2D eigenvalue weighted by Crippen LogP contribution is 2.41. The van der Waals surface area contributed by atoms with E-state index in [9.17, 15) is 0 Å². The van der Waals surface area contributed by atoms with Crippen LogP contribution in [0.4, 0.5) is 0 Å². The van der Waals surface area contributed by atoms with Gasteiger partial charge in [-0.1, -0.05) is 29.8 Å². The molecule has 1 saturated carbocycles. The lowest BCUT2D eigenvalue weighted by atomic mass is 10.1. The van der Waals surface area contributed by atoms with E-state index in [0.29, 0.717) is 0 Å². The summed E-state index contributed by atoms with van der Waals surface area (Å²) in [5.41, 5.74) is 9.39. The zero-order chi connectivity index (χ0) is 11.2. The monoisotopic (exact) mass is 213 g/mol. The zero-order valence-corrected chi connectivity index (χ0v) is 9.33. The van der Waals surface area contributed by atoms with Crippen LogP contribution in [0.2, 0.25) is 0 Å². The van der Waals surface area contributed by atoms with Crippen molar-refractivity contribution < 1.29 is 0 Å². The van der Waals surface area contributed by atoms with Crippen LogP contribution in [0, 0.1) is 6.92 Å². The highest BCUT2D eigenvalue weighted by Gasteiger charge is 2.42. The molecule has 0 unspecified atom stereocenters. The smallest absolute Gasteiger partial charge is 0.126 e. The third-order valence-corrected chi connectivity index (χ3v) is 3.20. The van der Waals surface area contributed by atoms with Crippen molar-refractivity contribution in [2.75, 3.05) is 0 Å². The fraction of sp³-hybridized carbons (Fsp3) is 0.308. The minimum Gasteiger partial charge on any atom is -0.340 e. The molecule has 0 spiro atoms. The van der Waals surface area contributed by atoms with Crippen molar-refractivity contribution in [1.82, 2.24) is 9.97 Å². The summed E-state index contributed by atoms with van der Waals surface area (Å²) in [7, 11) is 0. The minimum atomic E-state index is -0.178. The maximum absolute atomic E-state index is 6.09. The number of aromatic nitrogens is 2. The molecule has 3 N–H and O–H groups in total. The van der Waals surface area contributed by atoms with Crippen molar-refractivity contribution in [3.63, 3.8) is 0 Å². The molecule has 0 atom stereocenters. The van der Waals surface area contributed by atoms with E-state index in [0.717, 1.165) is 29.9 Å². The van der Waals surface area contributed by atoms with E-state index in [2.05, 4.69) is 41.2 Å². The lowest BCUT2D eigenvalue weighted by Gasteiger charge is -2.03. The van der Waals surface area contributed by atoms with Crippen LogP contribution in [-0.4, -0.2) is 9.97 Å². The van der Waals surface area contributed by atoms with Crippen molar-refractivity contribution in [3.8, 4) is 11.3 Å². The van der Waals surface area contributed by atoms with E-state index in [4.69, 9.17) is 5.73 Å². The topological polar surface area (TPSA) is 54.7 Å². The van der Waals surface area contributed by atoms with Crippen molar-refractivity contribution in [2.24, 2.45) is 5.73 Å². The number of nitrogens with zero attached hydrogens (tertiary/aromatic N) is 1. The van der Waals surface area contributed by atoms with E-state index in [1.165, 1.54) is 5.56 Å². The molecule has 1 heterocycles. The van der Waals surface area contributed by atoms with Crippen molar-refractivity contribution in [1.29, 1.82) is 0 Å². The highest BCUT2D eigenvalue weighted by atomic mass is 15.0. The van der Waals surface area contributed by atoms with Gasteiger partial charge in [0, 0.05) is 0 Å². The molecule has 1 aliphatic rings. The fourth-order valence-electron chi connectivity index (χ4n) is 1.83. The summed E-state index contributed by atoms with van der Waals surface area (Å²) in [6.45, 7) is 2.08. The number of hydrogen-bond acceptors (Lipinski definition) is 2. The normalized spacial score (nSPS) is 17.4. The molecule has 1 aromatic heterocycles. The number of nitrogens with one attached hydrogen (secondary N) is 1. The Morgan fingerprint density at radius 1 is 1.25 bits per heavy atom. The van der Waals surface area contributed by atoms with Gasteiger partial charge in [0.2, 0.25) is 0 Å². The van der Waals surface area contributed by atoms with Crippen LogP contribution in [-0.2, 0) is 5.54 Å². The summed E-state index contributed by atoms with van der Waals surface area (Å²) in [4.78, 5) is 7.68. The molecule has 0 saturated heterocycles. The molecule has 0 bridgehead atoms. The number of benzene rings is 1. The summed E-state index contributed by atoms with van der Waals surface area (Å²) in [6, 6.07) is 8.40. The summed E-state index contributed by atoms with van der Waals surface area (Å²) < 4.78 is 0. The van der Waals surface area contributed by atoms with Crippen molar-refractivity contribution >= 4 is 0 Å². The Morgan fingerprint density at radius 3 is 2.56 bits per heavy atom. The van der Waals surface area contributed by atoms with Crippen LogP contribution in [0.5, 0.6) is 0 Å². The maximum Gasteiger partial charge on any atom is 0.126 e. The van der Waals surface area contributed by atoms with Crippen LogP contribution in [0.3, 0.4) is 0 Å². The molecule has 0 amide bonds. The minimum absolute atomic E-state index is 0.178. The first-order valence-electron chi connectivity index (χ1n) is 5.59. The Bertz CT molecular complexity index is 506. The molecular formula is C13H15N3. The van der Waals surface area contributed by atoms with E-state index < -0.39 is 0 Å². The van der Waals surface area contributed by atoms with Gasteiger partial charge in [-0.3, -0.25) is 0 Å². The SMILES string of the molecule is Cc1ccc(-c2cnc(C3(N)CC3)[nH]2)cc1. The summed E-state index contributed by atoms with van der Waals surface area (Å²) >= 11 is 0. The molecular weight excluding hydrogens is 198 g/mol. The molecule has 3 rings (SSSR count). The van der Waals surface area contributed by atoms with Gasteiger partial charge >= 0.3 is 0 Å². The van der Waals surface area contributed by atoms with Gasteiger partial charge in [-0.2, -0.15) is 0 Å². The molecule has 16 heavy (non-hydrogen) atoms. The van der Waals surface area contributed by atoms with Gasteiger partial charge in [0.05, 0.1) is 17.4 Å². The number of hydrogen-bond donors (Lipinski definition) is 2. The quantitative estimate of drug-likeness (QED) is 0.804. The Balaban J connectivity index is 1.95. The molecule has 3 heteroatoms. The van der Waals surface area contributed by atoms with Crippen LogP contribution in [0.1, 0.15) is 24.2 Å². The first-order valence-corrected chi connectivity index (χ1v) is 5.59. The maximum atomic E-state index is 6.09. The summed E-state index contributed by atoms with van der Waals surface area (Å²) in [5.74, 6) is 0.920. The Morgan fingerprint density at radius 2 is 1.94 bits per heavy atom. The van der Waals surface area contributed by atoms with Gasteiger partial charge in [0.25, 0.3) is 0 Å². The number of H-pyrrole nitrogens is 1. The lowest BCUT2D eigenvalue weighted by Crippen LogP contribution is -2.20. The number of aromatic amines is 1. The average molecular weight is 213 g/mol. The third-order valence-electron chi connectivity index (χ3n) is 3.20. The van der Waals surface area contributed by atoms with Crippen LogP contribution in [0.25, 0.3) is 11.3 Å². The average Bonchev–Trinajstić information content (AvgIpc) is 2.84. The number of rotatable bonds is 2. The largest absolute Gasteiger partial charge is 0.340 e. The molecule has 0 aliphatic heterocycles. The molecule has 1 aliphatic carbocycles. The second-order valence-electron chi connectivity index (χ2n) is 4.67. The first kappa shape index (κ1) is 9.60. The lowest BCUT2D eigenvalue weighted by molar-refractivity contribution is 0.685. The van der Waals surface area contributed by atoms with Gasteiger partial charge in [0.15, 0.2) is 0 Å². The second-order valence-corrected chi connectivity index (χ2v) is 4.67. The van der Waals surface area contributed by atoms with Crippen molar-refractivity contribution in [2.45, 2.75) is 25.3 Å². The fourth-order valence-corrected chi connectivity index (χ4v) is 1.83. The van der Waals surface area contributed by atoms with Crippen LogP contribution < -0.4 is 5.73 Å². The van der Waals surface area contributed by atoms with E-state index in [1.54, 1.807) is 0 Å². The standard InChI is InChI=1S/C13H15N3/c1-9-2-4-10(5-3-9)11-8-15-12(16-11)13(14)6-7-13/h2-5,8H,6-7,14H2,1H3,(H,15,16). The summed E-state index contributed by atoms with van der Waals surface area (Å²) in [5, 5.41) is 0. The van der Waals surface area contributed by atoms with Crippen molar-refractivity contribution in [3.05, 3.63) is 41.9 Å².